The number of fused-ring (bicyclic) bond motifs is 3. The molecule has 0 fully saturated rings. The van der Waals surface area contributed by atoms with E-state index in [1.807, 2.05) is 35.9 Å². The Labute approximate surface area is 158 Å². The Morgan fingerprint density at radius 2 is 1.96 bits per heavy atom. The van der Waals surface area contributed by atoms with Gasteiger partial charge < -0.3 is 4.57 Å². The maximum atomic E-state index is 13.0. The van der Waals surface area contributed by atoms with Crippen LogP contribution in [0.4, 0.5) is 0 Å². The first kappa shape index (κ1) is 16.0. The molecule has 0 aliphatic rings. The van der Waals surface area contributed by atoms with Gasteiger partial charge >= 0.3 is 0 Å². The molecule has 0 N–H and O–H groups in total. The number of thiophene rings is 1. The first-order valence-corrected chi connectivity index (χ1v) is 9.32. The van der Waals surface area contributed by atoms with E-state index in [4.69, 9.17) is 0 Å². The molecule has 4 heterocycles. The summed E-state index contributed by atoms with van der Waals surface area (Å²) in [6.07, 6.45) is 4.95. The third-order valence-electron chi connectivity index (χ3n) is 4.75. The van der Waals surface area contributed by atoms with Crippen LogP contribution in [-0.4, -0.2) is 29.1 Å². The lowest BCUT2D eigenvalue weighted by atomic mass is 10.2. The van der Waals surface area contributed by atoms with Crippen molar-refractivity contribution in [2.45, 2.75) is 13.5 Å². The molecule has 7 nitrogen and oxygen atoms in total. The molecule has 0 atom stereocenters. The van der Waals surface area contributed by atoms with Gasteiger partial charge in [0, 0.05) is 17.3 Å². The van der Waals surface area contributed by atoms with Gasteiger partial charge in [0.2, 0.25) is 0 Å². The Morgan fingerprint density at radius 3 is 2.70 bits per heavy atom. The van der Waals surface area contributed by atoms with E-state index < -0.39 is 0 Å². The molecule has 5 rings (SSSR count). The largest absolute Gasteiger partial charge is 0.338 e. The Hall–Kier alpha value is -3.26. The Morgan fingerprint density at radius 1 is 1.15 bits per heavy atom. The minimum absolute atomic E-state index is 0.0728. The second kappa shape index (κ2) is 5.88. The number of benzene rings is 1. The van der Waals surface area contributed by atoms with Gasteiger partial charge in [-0.2, -0.15) is 10.2 Å². The lowest BCUT2D eigenvalue weighted by Gasteiger charge is -2.07. The Bertz CT molecular complexity index is 1330. The van der Waals surface area contributed by atoms with E-state index in [1.165, 1.54) is 15.9 Å². The molecule has 134 valence electrons. The van der Waals surface area contributed by atoms with Crippen LogP contribution < -0.4 is 5.56 Å². The van der Waals surface area contributed by atoms with Gasteiger partial charge in [0.05, 0.1) is 28.6 Å². The van der Waals surface area contributed by atoms with Crippen molar-refractivity contribution >= 4 is 32.5 Å². The maximum Gasteiger partial charge on any atom is 0.291 e. The van der Waals surface area contributed by atoms with Crippen molar-refractivity contribution < 1.29 is 0 Å². The summed E-state index contributed by atoms with van der Waals surface area (Å²) in [4.78, 5) is 18.2. The van der Waals surface area contributed by atoms with Crippen molar-refractivity contribution in [1.82, 2.24) is 29.1 Å². The molecule has 0 unspecified atom stereocenters. The van der Waals surface area contributed by atoms with Crippen molar-refractivity contribution in [2.24, 2.45) is 7.05 Å². The first-order chi connectivity index (χ1) is 13.1. The first-order valence-electron chi connectivity index (χ1n) is 8.50. The highest BCUT2D eigenvalue weighted by Crippen LogP contribution is 2.32. The van der Waals surface area contributed by atoms with E-state index >= 15 is 0 Å². The summed E-state index contributed by atoms with van der Waals surface area (Å²) in [5.41, 5.74) is 3.63. The second-order valence-corrected chi connectivity index (χ2v) is 7.76. The summed E-state index contributed by atoms with van der Waals surface area (Å²) in [6, 6.07) is 9.97. The van der Waals surface area contributed by atoms with Gasteiger partial charge in [-0.3, -0.25) is 4.79 Å². The van der Waals surface area contributed by atoms with E-state index in [2.05, 4.69) is 28.2 Å². The van der Waals surface area contributed by atoms with Gasteiger partial charge in [-0.1, -0.05) is 12.1 Å². The molecule has 0 aliphatic carbocycles. The molecule has 27 heavy (non-hydrogen) atoms. The highest BCUT2D eigenvalue weighted by atomic mass is 32.1. The molecule has 0 amide bonds. The van der Waals surface area contributed by atoms with Crippen molar-refractivity contribution in [3.63, 3.8) is 0 Å². The molecule has 0 spiro atoms. The van der Waals surface area contributed by atoms with Crippen LogP contribution in [0.15, 0.2) is 54.0 Å². The molecular formula is C19H16N6OS. The van der Waals surface area contributed by atoms with Crippen molar-refractivity contribution in [1.29, 1.82) is 0 Å². The molecule has 1 aromatic carbocycles. The lowest BCUT2D eigenvalue weighted by Crippen LogP contribution is -2.24. The van der Waals surface area contributed by atoms with Crippen LogP contribution >= 0.6 is 11.3 Å². The maximum absolute atomic E-state index is 13.0. The summed E-state index contributed by atoms with van der Waals surface area (Å²) >= 11 is 1.70. The van der Waals surface area contributed by atoms with E-state index in [1.54, 1.807) is 28.5 Å². The van der Waals surface area contributed by atoms with Crippen molar-refractivity contribution in [3.8, 4) is 5.69 Å². The zero-order chi connectivity index (χ0) is 18.5. The fraction of sp³-hybridized carbons (Fsp3) is 0.158. The average molecular weight is 376 g/mol. The van der Waals surface area contributed by atoms with Crippen LogP contribution in [0.2, 0.25) is 0 Å². The van der Waals surface area contributed by atoms with Crippen LogP contribution in [0, 0.1) is 6.92 Å². The van der Waals surface area contributed by atoms with Gasteiger partial charge in [-0.05, 0) is 30.7 Å². The van der Waals surface area contributed by atoms with Crippen LogP contribution in [0.1, 0.15) is 10.4 Å². The van der Waals surface area contributed by atoms with E-state index in [0.717, 1.165) is 26.9 Å². The Balaban J connectivity index is 1.54. The topological polar surface area (TPSA) is 70.5 Å². The van der Waals surface area contributed by atoms with Crippen molar-refractivity contribution in [2.75, 3.05) is 0 Å². The fourth-order valence-corrected chi connectivity index (χ4v) is 4.47. The monoisotopic (exact) mass is 376 g/mol. The molecular weight excluding hydrogens is 360 g/mol. The number of nitrogens with zero attached hydrogens (tertiary/aromatic N) is 6. The van der Waals surface area contributed by atoms with Gasteiger partial charge in [0.25, 0.3) is 5.56 Å². The molecule has 0 bridgehead atoms. The Kier molecular flexibility index (Phi) is 3.48. The highest BCUT2D eigenvalue weighted by Gasteiger charge is 2.16. The van der Waals surface area contributed by atoms with Crippen LogP contribution in [0.3, 0.4) is 0 Å². The second-order valence-electron chi connectivity index (χ2n) is 6.51. The van der Waals surface area contributed by atoms with Crippen LogP contribution in [0.25, 0.3) is 26.8 Å². The summed E-state index contributed by atoms with van der Waals surface area (Å²) in [6.45, 7) is 2.50. The molecule has 0 saturated carbocycles. The van der Waals surface area contributed by atoms with Crippen LogP contribution in [-0.2, 0) is 13.6 Å². The smallest absolute Gasteiger partial charge is 0.291 e. The average Bonchev–Trinajstić information content (AvgIpc) is 3.37. The minimum Gasteiger partial charge on any atom is -0.338 e. The van der Waals surface area contributed by atoms with E-state index in [0.29, 0.717) is 12.1 Å². The molecule has 4 aromatic heterocycles. The minimum atomic E-state index is -0.0728. The molecule has 0 radical (unpaired) electrons. The van der Waals surface area contributed by atoms with Gasteiger partial charge in [-0.15, -0.1) is 11.3 Å². The molecule has 0 aliphatic heterocycles. The predicted molar refractivity (Wildman–Crippen MR) is 106 cm³/mol. The quantitative estimate of drug-likeness (QED) is 0.485. The third-order valence-corrected chi connectivity index (χ3v) is 5.82. The number of aryl methyl sites for hydroxylation is 2. The number of hydrogen-bond donors (Lipinski definition) is 0. The number of hydrogen-bond acceptors (Lipinski definition) is 5. The lowest BCUT2D eigenvalue weighted by molar-refractivity contribution is 0.644. The summed E-state index contributed by atoms with van der Waals surface area (Å²) in [5, 5.41) is 9.46. The van der Waals surface area contributed by atoms with Gasteiger partial charge in [0.1, 0.15) is 18.2 Å². The van der Waals surface area contributed by atoms with Crippen LogP contribution in [0.5, 0.6) is 0 Å². The highest BCUT2D eigenvalue weighted by molar-refractivity contribution is 7.20. The summed E-state index contributed by atoms with van der Waals surface area (Å²) in [7, 11) is 1.94. The van der Waals surface area contributed by atoms with Gasteiger partial charge in [0.15, 0.2) is 0 Å². The van der Waals surface area contributed by atoms with Crippen molar-refractivity contribution in [3.05, 3.63) is 70.0 Å². The fourth-order valence-electron chi connectivity index (χ4n) is 3.41. The third kappa shape index (κ3) is 2.48. The standard InChI is InChI=1S/C19H16N6OS/c1-12-7-16-18(27-12)15-8-21-24(19(26)17(15)23(16)2)9-13-3-5-14(6-4-13)25-11-20-10-22-25/h3-8,10-11H,9H2,1-2H3. The van der Waals surface area contributed by atoms with E-state index in [9.17, 15) is 4.79 Å². The molecule has 5 aromatic rings. The summed E-state index contributed by atoms with van der Waals surface area (Å²) < 4.78 is 6.31. The number of aromatic nitrogens is 6. The predicted octanol–water partition coefficient (Wildman–Crippen LogP) is 2.89. The zero-order valence-corrected chi connectivity index (χ0v) is 15.6. The van der Waals surface area contributed by atoms with E-state index in [-0.39, 0.29) is 5.56 Å². The molecule has 8 heteroatoms. The SMILES string of the molecule is Cc1cc2c(s1)c1cnn(Cc3ccc(-n4cncn4)cc3)c(=O)c1n2C. The normalized spacial score (nSPS) is 11.6. The van der Waals surface area contributed by atoms with Gasteiger partial charge in [-0.25, -0.2) is 14.3 Å². The zero-order valence-electron chi connectivity index (χ0n) is 14.8. The number of rotatable bonds is 3. The molecule has 0 saturated heterocycles. The summed E-state index contributed by atoms with van der Waals surface area (Å²) in [5.74, 6) is 0.